The van der Waals surface area contributed by atoms with Crippen molar-refractivity contribution in [1.29, 1.82) is 0 Å². The molecule has 0 bridgehead atoms. The van der Waals surface area contributed by atoms with E-state index in [1.165, 1.54) is 6.07 Å². The molecule has 1 N–H and O–H groups in total. The van der Waals surface area contributed by atoms with Gasteiger partial charge in [-0.2, -0.15) is 0 Å². The molecule has 1 unspecified atom stereocenters. The molecule has 0 radical (unpaired) electrons. The molecule has 1 saturated heterocycles. The molecule has 1 aromatic carbocycles. The second kappa shape index (κ2) is 6.73. The van der Waals surface area contributed by atoms with Gasteiger partial charge in [0.05, 0.1) is 11.6 Å². The van der Waals surface area contributed by atoms with Crippen molar-refractivity contribution in [3.05, 3.63) is 51.0 Å². The van der Waals surface area contributed by atoms with Gasteiger partial charge in [-0.05, 0) is 56.9 Å². The molecule has 2 aromatic rings. The Morgan fingerprint density at radius 2 is 1.96 bits per heavy atom. The number of rotatable bonds is 3. The van der Waals surface area contributed by atoms with Crippen LogP contribution in [-0.4, -0.2) is 33.4 Å². The highest BCUT2D eigenvalue weighted by Gasteiger charge is 2.31. The first-order valence-corrected chi connectivity index (χ1v) is 8.91. The largest absolute Gasteiger partial charge is 0.478 e. The van der Waals surface area contributed by atoms with Crippen LogP contribution in [-0.2, 0) is 0 Å². The van der Waals surface area contributed by atoms with E-state index >= 15 is 0 Å². The Kier molecular flexibility index (Phi) is 4.66. The fraction of sp³-hybridized carbons (Fsp3) is 0.389. The lowest BCUT2D eigenvalue weighted by Gasteiger charge is -2.34. The summed E-state index contributed by atoms with van der Waals surface area (Å²) in [5.41, 5.74) is 2.33. The fourth-order valence-corrected chi connectivity index (χ4v) is 4.10. The van der Waals surface area contributed by atoms with Crippen LogP contribution in [0.15, 0.2) is 23.6 Å². The monoisotopic (exact) mass is 344 g/mol. The normalized spacial score (nSPS) is 17.8. The quantitative estimate of drug-likeness (QED) is 0.919. The summed E-state index contributed by atoms with van der Waals surface area (Å²) in [5, 5.41) is 12.2. The lowest BCUT2D eigenvalue weighted by molar-refractivity contribution is 0.0611. The Bertz CT molecular complexity index is 784. The zero-order chi connectivity index (χ0) is 17.3. The fourth-order valence-electron chi connectivity index (χ4n) is 3.15. The van der Waals surface area contributed by atoms with Gasteiger partial charge < -0.3 is 10.0 Å². The van der Waals surface area contributed by atoms with E-state index in [0.29, 0.717) is 12.1 Å². The van der Waals surface area contributed by atoms with Crippen molar-refractivity contribution in [3.63, 3.8) is 0 Å². The molecule has 3 rings (SSSR count). The Labute approximate surface area is 145 Å². The number of aromatic carboxylic acids is 1. The number of carbonyl (C=O) groups excluding carboxylic acids is 1. The molecule has 0 saturated carbocycles. The average molecular weight is 344 g/mol. The zero-order valence-electron chi connectivity index (χ0n) is 13.8. The molecule has 1 atom stereocenters. The first kappa shape index (κ1) is 16.6. The molecule has 1 aliphatic heterocycles. The first-order chi connectivity index (χ1) is 11.5. The number of carbonyl (C=O) groups is 2. The molecule has 5 nitrogen and oxygen atoms in total. The van der Waals surface area contributed by atoms with Crippen molar-refractivity contribution in [1.82, 2.24) is 9.88 Å². The molecule has 1 aromatic heterocycles. The van der Waals surface area contributed by atoms with Gasteiger partial charge in [0.15, 0.2) is 0 Å². The number of piperidine rings is 1. The van der Waals surface area contributed by atoms with Gasteiger partial charge in [0.25, 0.3) is 5.91 Å². The number of nitrogens with zero attached hydrogens (tertiary/aromatic N) is 2. The summed E-state index contributed by atoms with van der Waals surface area (Å²) in [6.45, 7) is 4.44. The lowest BCUT2D eigenvalue weighted by Crippen LogP contribution is -2.38. The molecule has 6 heteroatoms. The van der Waals surface area contributed by atoms with Crippen LogP contribution < -0.4 is 0 Å². The van der Waals surface area contributed by atoms with Gasteiger partial charge in [-0.25, -0.2) is 9.78 Å². The second-order valence-corrected chi connectivity index (χ2v) is 7.12. The molecule has 2 heterocycles. The molecule has 1 fully saturated rings. The number of carboxylic acid groups (broad SMARTS) is 1. The summed E-state index contributed by atoms with van der Waals surface area (Å²) in [7, 11) is 0. The van der Waals surface area contributed by atoms with Gasteiger partial charge in [-0.15, -0.1) is 11.3 Å². The minimum atomic E-state index is -1.02. The van der Waals surface area contributed by atoms with Crippen molar-refractivity contribution in [3.8, 4) is 0 Å². The summed E-state index contributed by atoms with van der Waals surface area (Å²) < 4.78 is 0. The molecule has 1 amide bonds. The Morgan fingerprint density at radius 3 is 2.62 bits per heavy atom. The van der Waals surface area contributed by atoms with E-state index in [-0.39, 0.29) is 17.5 Å². The summed E-state index contributed by atoms with van der Waals surface area (Å²) in [4.78, 5) is 30.7. The second-order valence-electron chi connectivity index (χ2n) is 6.23. The molecule has 0 spiro atoms. The van der Waals surface area contributed by atoms with Crippen molar-refractivity contribution in [2.24, 2.45) is 0 Å². The van der Waals surface area contributed by atoms with Crippen molar-refractivity contribution in [2.45, 2.75) is 39.2 Å². The first-order valence-electron chi connectivity index (χ1n) is 8.03. The Balaban J connectivity index is 1.93. The summed E-state index contributed by atoms with van der Waals surface area (Å²) in [6, 6.07) is 4.79. The number of carboxylic acids is 1. The predicted octanol–water partition coefficient (Wildman–Crippen LogP) is 3.83. The number of likely N-dealkylation sites (tertiary alicyclic amines) is 1. The standard InChI is InChI=1S/C18H20N2O3S/c1-11-7-13(9-14(8-11)18(22)23)17(21)20-6-4-3-5-15(20)16-19-12(2)10-24-16/h7-10,15H,3-6H2,1-2H3,(H,22,23). The van der Waals surface area contributed by atoms with Gasteiger partial charge >= 0.3 is 5.97 Å². The molecular weight excluding hydrogens is 324 g/mol. The van der Waals surface area contributed by atoms with Crippen LogP contribution in [0, 0.1) is 13.8 Å². The van der Waals surface area contributed by atoms with Gasteiger partial charge in [-0.3, -0.25) is 4.79 Å². The highest BCUT2D eigenvalue weighted by atomic mass is 32.1. The highest BCUT2D eigenvalue weighted by molar-refractivity contribution is 7.09. The number of amides is 1. The summed E-state index contributed by atoms with van der Waals surface area (Å²) >= 11 is 1.58. The van der Waals surface area contributed by atoms with Gasteiger partial charge in [0.1, 0.15) is 5.01 Å². The van der Waals surface area contributed by atoms with Crippen LogP contribution in [0.2, 0.25) is 0 Å². The smallest absolute Gasteiger partial charge is 0.335 e. The molecular formula is C18H20N2O3S. The van der Waals surface area contributed by atoms with E-state index in [9.17, 15) is 14.7 Å². The van der Waals surface area contributed by atoms with Crippen LogP contribution >= 0.6 is 11.3 Å². The molecule has 24 heavy (non-hydrogen) atoms. The summed E-state index contributed by atoms with van der Waals surface area (Å²) in [5.74, 6) is -1.13. The topological polar surface area (TPSA) is 70.5 Å². The van der Waals surface area contributed by atoms with Gasteiger partial charge in [0.2, 0.25) is 0 Å². The van der Waals surface area contributed by atoms with Crippen LogP contribution in [0.1, 0.15) is 62.3 Å². The number of aromatic nitrogens is 1. The maximum atomic E-state index is 13.0. The Morgan fingerprint density at radius 1 is 1.21 bits per heavy atom. The maximum Gasteiger partial charge on any atom is 0.335 e. The van der Waals surface area contributed by atoms with E-state index in [4.69, 9.17) is 0 Å². The van der Waals surface area contributed by atoms with Crippen LogP contribution in [0.5, 0.6) is 0 Å². The van der Waals surface area contributed by atoms with Gasteiger partial charge in [0, 0.05) is 23.2 Å². The number of benzene rings is 1. The minimum Gasteiger partial charge on any atom is -0.478 e. The predicted molar refractivity (Wildman–Crippen MR) is 92.6 cm³/mol. The third kappa shape index (κ3) is 3.33. The van der Waals surface area contributed by atoms with Crippen molar-refractivity contribution >= 4 is 23.2 Å². The lowest BCUT2D eigenvalue weighted by atomic mass is 9.99. The van der Waals surface area contributed by atoms with Crippen molar-refractivity contribution in [2.75, 3.05) is 6.54 Å². The number of aryl methyl sites for hydroxylation is 2. The third-order valence-corrected chi connectivity index (χ3v) is 5.32. The molecule has 0 aliphatic carbocycles. The third-order valence-electron chi connectivity index (χ3n) is 4.26. The summed E-state index contributed by atoms with van der Waals surface area (Å²) in [6.07, 6.45) is 2.93. The van der Waals surface area contributed by atoms with E-state index in [1.54, 1.807) is 30.4 Å². The molecule has 126 valence electrons. The zero-order valence-corrected chi connectivity index (χ0v) is 14.6. The van der Waals surface area contributed by atoms with Crippen molar-refractivity contribution < 1.29 is 14.7 Å². The van der Waals surface area contributed by atoms with Crippen LogP contribution in [0.3, 0.4) is 0 Å². The van der Waals surface area contributed by atoms with Crippen LogP contribution in [0.25, 0.3) is 0 Å². The van der Waals surface area contributed by atoms with E-state index < -0.39 is 5.97 Å². The van der Waals surface area contributed by atoms with E-state index in [0.717, 1.165) is 35.5 Å². The maximum absolute atomic E-state index is 13.0. The number of hydrogen-bond donors (Lipinski definition) is 1. The van der Waals surface area contributed by atoms with E-state index in [1.807, 2.05) is 17.2 Å². The number of thiazole rings is 1. The average Bonchev–Trinajstić information content (AvgIpc) is 3.00. The SMILES string of the molecule is Cc1cc(C(=O)O)cc(C(=O)N2CCCCC2c2nc(C)cs2)c1. The number of hydrogen-bond acceptors (Lipinski definition) is 4. The van der Waals surface area contributed by atoms with Gasteiger partial charge in [-0.1, -0.05) is 0 Å². The van der Waals surface area contributed by atoms with Crippen LogP contribution in [0.4, 0.5) is 0 Å². The molecule has 1 aliphatic rings. The Hall–Kier alpha value is -2.21. The minimum absolute atomic E-state index is 0.0151. The van der Waals surface area contributed by atoms with E-state index in [2.05, 4.69) is 4.98 Å². The highest BCUT2D eigenvalue weighted by Crippen LogP contribution is 2.34.